The number of carboxylic acid groups (broad SMARTS) is 1. The van der Waals surface area contributed by atoms with Gasteiger partial charge in [0.25, 0.3) is 0 Å². The van der Waals surface area contributed by atoms with E-state index < -0.39 is 12.0 Å². The third-order valence-corrected chi connectivity index (χ3v) is 2.78. The van der Waals surface area contributed by atoms with Gasteiger partial charge in [-0.3, -0.25) is 4.79 Å². The summed E-state index contributed by atoms with van der Waals surface area (Å²) in [7, 11) is 0. The zero-order valence-electron chi connectivity index (χ0n) is 9.37. The second-order valence-electron chi connectivity index (χ2n) is 4.17. The van der Waals surface area contributed by atoms with Crippen LogP contribution in [-0.4, -0.2) is 36.9 Å². The van der Waals surface area contributed by atoms with Gasteiger partial charge in [-0.2, -0.15) is 0 Å². The predicted molar refractivity (Wildman–Crippen MR) is 57.9 cm³/mol. The molecule has 2 N–H and O–H groups in total. The van der Waals surface area contributed by atoms with Crippen molar-refractivity contribution in [3.63, 3.8) is 0 Å². The molecule has 1 heterocycles. The maximum Gasteiger partial charge on any atom is 0.320 e. The Kier molecular flexibility index (Phi) is 5.65. The van der Waals surface area contributed by atoms with Crippen molar-refractivity contribution in [1.29, 1.82) is 0 Å². The minimum atomic E-state index is -0.742. The molecule has 4 heteroatoms. The SMILES string of the molecule is CCCC(NCC1CCCOC1)C(=O)O. The summed E-state index contributed by atoms with van der Waals surface area (Å²) in [5.41, 5.74) is 0. The molecular formula is C11H21NO3. The largest absolute Gasteiger partial charge is 0.480 e. The highest BCUT2D eigenvalue weighted by atomic mass is 16.5. The summed E-state index contributed by atoms with van der Waals surface area (Å²) >= 11 is 0. The average Bonchev–Trinajstić information content (AvgIpc) is 2.25. The Balaban J connectivity index is 2.22. The van der Waals surface area contributed by atoms with Gasteiger partial charge in [-0.1, -0.05) is 13.3 Å². The van der Waals surface area contributed by atoms with Gasteiger partial charge in [-0.05, 0) is 25.2 Å². The zero-order valence-corrected chi connectivity index (χ0v) is 9.37. The Morgan fingerprint density at radius 3 is 3.00 bits per heavy atom. The molecule has 1 rings (SSSR count). The predicted octanol–water partition coefficient (Wildman–Crippen LogP) is 1.26. The molecule has 0 aromatic heterocycles. The Bertz CT molecular complexity index is 190. The highest BCUT2D eigenvalue weighted by Gasteiger charge is 2.19. The van der Waals surface area contributed by atoms with Crippen LogP contribution >= 0.6 is 0 Å². The number of aliphatic carboxylic acids is 1. The normalized spacial score (nSPS) is 23.7. The minimum Gasteiger partial charge on any atom is -0.480 e. The van der Waals surface area contributed by atoms with Crippen LogP contribution in [-0.2, 0) is 9.53 Å². The van der Waals surface area contributed by atoms with E-state index in [1.807, 2.05) is 6.92 Å². The molecule has 2 unspecified atom stereocenters. The first kappa shape index (κ1) is 12.5. The molecule has 0 spiro atoms. The van der Waals surface area contributed by atoms with Crippen LogP contribution in [0.3, 0.4) is 0 Å². The van der Waals surface area contributed by atoms with Crippen molar-refractivity contribution >= 4 is 5.97 Å². The molecule has 0 aromatic rings. The second kappa shape index (κ2) is 6.80. The summed E-state index contributed by atoms with van der Waals surface area (Å²) in [6.45, 7) is 4.39. The first-order valence-electron chi connectivity index (χ1n) is 5.78. The first-order chi connectivity index (χ1) is 7.24. The van der Waals surface area contributed by atoms with E-state index in [0.717, 1.165) is 39.0 Å². The van der Waals surface area contributed by atoms with Crippen LogP contribution in [0.15, 0.2) is 0 Å². The van der Waals surface area contributed by atoms with Gasteiger partial charge in [-0.15, -0.1) is 0 Å². The van der Waals surface area contributed by atoms with Crippen molar-refractivity contribution in [2.75, 3.05) is 19.8 Å². The molecule has 0 aliphatic carbocycles. The Labute approximate surface area is 91.0 Å². The number of rotatable bonds is 6. The van der Waals surface area contributed by atoms with Gasteiger partial charge in [0.15, 0.2) is 0 Å². The summed E-state index contributed by atoms with van der Waals surface area (Å²) in [4.78, 5) is 10.9. The van der Waals surface area contributed by atoms with E-state index in [-0.39, 0.29) is 0 Å². The van der Waals surface area contributed by atoms with Crippen molar-refractivity contribution < 1.29 is 14.6 Å². The smallest absolute Gasteiger partial charge is 0.320 e. The van der Waals surface area contributed by atoms with Gasteiger partial charge in [-0.25, -0.2) is 0 Å². The second-order valence-corrected chi connectivity index (χ2v) is 4.17. The summed E-state index contributed by atoms with van der Waals surface area (Å²) in [6, 6.07) is -0.392. The fourth-order valence-electron chi connectivity index (χ4n) is 1.88. The van der Waals surface area contributed by atoms with Crippen LogP contribution in [0.2, 0.25) is 0 Å². The van der Waals surface area contributed by atoms with Gasteiger partial charge in [0, 0.05) is 13.2 Å². The monoisotopic (exact) mass is 215 g/mol. The summed E-state index contributed by atoms with van der Waals surface area (Å²) < 4.78 is 5.35. The molecule has 4 nitrogen and oxygen atoms in total. The summed E-state index contributed by atoms with van der Waals surface area (Å²) in [5.74, 6) is -0.258. The number of ether oxygens (including phenoxy) is 1. The summed E-state index contributed by atoms with van der Waals surface area (Å²) in [6.07, 6.45) is 3.83. The van der Waals surface area contributed by atoms with Crippen LogP contribution in [0.25, 0.3) is 0 Å². The Morgan fingerprint density at radius 2 is 2.47 bits per heavy atom. The molecule has 88 valence electrons. The van der Waals surface area contributed by atoms with E-state index in [9.17, 15) is 4.79 Å². The number of hydrogen-bond acceptors (Lipinski definition) is 3. The number of nitrogens with one attached hydrogen (secondary N) is 1. The summed E-state index contributed by atoms with van der Waals surface area (Å²) in [5, 5.41) is 12.1. The number of hydrogen-bond donors (Lipinski definition) is 2. The van der Waals surface area contributed by atoms with Crippen LogP contribution in [0, 0.1) is 5.92 Å². The Hall–Kier alpha value is -0.610. The van der Waals surface area contributed by atoms with Crippen LogP contribution in [0.5, 0.6) is 0 Å². The van der Waals surface area contributed by atoms with E-state index in [0.29, 0.717) is 12.3 Å². The fourth-order valence-corrected chi connectivity index (χ4v) is 1.88. The lowest BCUT2D eigenvalue weighted by molar-refractivity contribution is -0.139. The van der Waals surface area contributed by atoms with Gasteiger partial charge < -0.3 is 15.2 Å². The molecule has 1 fully saturated rings. The molecule has 0 radical (unpaired) electrons. The van der Waals surface area contributed by atoms with Gasteiger partial charge in [0.2, 0.25) is 0 Å². The first-order valence-corrected chi connectivity index (χ1v) is 5.78. The van der Waals surface area contributed by atoms with Crippen molar-refractivity contribution in [2.45, 2.75) is 38.6 Å². The third-order valence-electron chi connectivity index (χ3n) is 2.78. The molecular weight excluding hydrogens is 194 g/mol. The molecule has 15 heavy (non-hydrogen) atoms. The van der Waals surface area contributed by atoms with Crippen molar-refractivity contribution in [2.24, 2.45) is 5.92 Å². The molecule has 2 atom stereocenters. The molecule has 0 aromatic carbocycles. The van der Waals surface area contributed by atoms with Crippen molar-refractivity contribution in [3.05, 3.63) is 0 Å². The van der Waals surface area contributed by atoms with Gasteiger partial charge in [0.1, 0.15) is 6.04 Å². The van der Waals surface area contributed by atoms with E-state index >= 15 is 0 Å². The Morgan fingerprint density at radius 1 is 1.67 bits per heavy atom. The zero-order chi connectivity index (χ0) is 11.1. The van der Waals surface area contributed by atoms with Crippen LogP contribution in [0.1, 0.15) is 32.6 Å². The molecule has 0 amide bonds. The number of carbonyl (C=O) groups is 1. The van der Waals surface area contributed by atoms with Crippen molar-refractivity contribution in [1.82, 2.24) is 5.32 Å². The lowest BCUT2D eigenvalue weighted by Gasteiger charge is -2.24. The van der Waals surface area contributed by atoms with Crippen LogP contribution < -0.4 is 5.32 Å². The third kappa shape index (κ3) is 4.62. The van der Waals surface area contributed by atoms with Gasteiger partial charge in [0.05, 0.1) is 6.61 Å². The van der Waals surface area contributed by atoms with E-state index in [2.05, 4.69) is 5.32 Å². The highest BCUT2D eigenvalue weighted by Crippen LogP contribution is 2.12. The van der Waals surface area contributed by atoms with E-state index in [1.165, 1.54) is 0 Å². The van der Waals surface area contributed by atoms with Gasteiger partial charge >= 0.3 is 5.97 Å². The quantitative estimate of drug-likeness (QED) is 0.700. The van der Waals surface area contributed by atoms with Crippen LogP contribution in [0.4, 0.5) is 0 Å². The average molecular weight is 215 g/mol. The fraction of sp³-hybridized carbons (Fsp3) is 0.909. The van der Waals surface area contributed by atoms with Crippen molar-refractivity contribution in [3.8, 4) is 0 Å². The maximum atomic E-state index is 10.9. The minimum absolute atomic E-state index is 0.392. The lowest BCUT2D eigenvalue weighted by Crippen LogP contribution is -2.40. The lowest BCUT2D eigenvalue weighted by atomic mass is 10.0. The topological polar surface area (TPSA) is 58.6 Å². The molecule has 1 saturated heterocycles. The maximum absolute atomic E-state index is 10.9. The molecule has 0 bridgehead atoms. The molecule has 0 saturated carbocycles. The highest BCUT2D eigenvalue weighted by molar-refractivity contribution is 5.73. The van der Waals surface area contributed by atoms with E-state index in [1.54, 1.807) is 0 Å². The number of carboxylic acids is 1. The standard InChI is InChI=1S/C11H21NO3/c1-2-4-10(11(13)14)12-7-9-5-3-6-15-8-9/h9-10,12H,2-8H2,1H3,(H,13,14). The molecule has 1 aliphatic heterocycles. The molecule has 1 aliphatic rings. The van der Waals surface area contributed by atoms with E-state index in [4.69, 9.17) is 9.84 Å².